The van der Waals surface area contributed by atoms with Crippen LogP contribution >= 0.6 is 0 Å². The Morgan fingerprint density at radius 3 is 2.61 bits per heavy atom. The molecule has 100 valence electrons. The first-order valence-electron chi connectivity index (χ1n) is 5.47. The summed E-state index contributed by atoms with van der Waals surface area (Å²) in [6.07, 6.45) is 1.24. The Hall–Kier alpha value is -2.05. The molecule has 0 amide bonds. The molecular formula is C11H17N3O4. The summed E-state index contributed by atoms with van der Waals surface area (Å²) < 4.78 is 9.64. The molecule has 0 aliphatic carbocycles. The van der Waals surface area contributed by atoms with Crippen LogP contribution in [0.25, 0.3) is 0 Å². The van der Waals surface area contributed by atoms with E-state index in [1.165, 1.54) is 20.5 Å². The highest BCUT2D eigenvalue weighted by atomic mass is 16.5. The molecule has 7 heteroatoms. The summed E-state index contributed by atoms with van der Waals surface area (Å²) in [5.74, 6) is -0.199. The van der Waals surface area contributed by atoms with Crippen LogP contribution in [0.2, 0.25) is 0 Å². The zero-order valence-corrected chi connectivity index (χ0v) is 10.8. The SMILES string of the molecule is COC(=O)C(Nc1nc[nH]c(=O)c1OC)C(C)C. The summed E-state index contributed by atoms with van der Waals surface area (Å²) >= 11 is 0. The topological polar surface area (TPSA) is 93.3 Å². The molecule has 0 fully saturated rings. The van der Waals surface area contributed by atoms with Gasteiger partial charge in [-0.2, -0.15) is 0 Å². The summed E-state index contributed by atoms with van der Waals surface area (Å²) in [7, 11) is 2.67. The molecule has 7 nitrogen and oxygen atoms in total. The molecule has 2 N–H and O–H groups in total. The molecule has 18 heavy (non-hydrogen) atoms. The Kier molecular flexibility index (Phi) is 4.70. The maximum absolute atomic E-state index is 11.6. The number of hydrogen-bond donors (Lipinski definition) is 2. The monoisotopic (exact) mass is 255 g/mol. The largest absolute Gasteiger partial charge is 0.489 e. The van der Waals surface area contributed by atoms with Gasteiger partial charge in [-0.25, -0.2) is 9.78 Å². The van der Waals surface area contributed by atoms with E-state index in [1.807, 2.05) is 13.8 Å². The first-order valence-corrected chi connectivity index (χ1v) is 5.47. The van der Waals surface area contributed by atoms with Gasteiger partial charge >= 0.3 is 5.97 Å². The average molecular weight is 255 g/mol. The van der Waals surface area contributed by atoms with Crippen molar-refractivity contribution in [1.29, 1.82) is 0 Å². The van der Waals surface area contributed by atoms with Crippen molar-refractivity contribution >= 4 is 11.8 Å². The number of rotatable bonds is 5. The second kappa shape index (κ2) is 6.04. The van der Waals surface area contributed by atoms with Gasteiger partial charge in [0, 0.05) is 0 Å². The number of hydrogen-bond acceptors (Lipinski definition) is 6. The molecule has 1 aromatic heterocycles. The van der Waals surface area contributed by atoms with E-state index in [1.54, 1.807) is 0 Å². The van der Waals surface area contributed by atoms with Gasteiger partial charge in [0.25, 0.3) is 5.56 Å². The van der Waals surface area contributed by atoms with Gasteiger partial charge in [0.15, 0.2) is 5.82 Å². The highest BCUT2D eigenvalue weighted by Gasteiger charge is 2.25. The van der Waals surface area contributed by atoms with Crippen LogP contribution in [0.1, 0.15) is 13.8 Å². The van der Waals surface area contributed by atoms with E-state index in [4.69, 9.17) is 9.47 Å². The Bertz CT molecular complexity index is 470. The summed E-state index contributed by atoms with van der Waals surface area (Å²) in [4.78, 5) is 29.4. The van der Waals surface area contributed by atoms with Crippen LogP contribution in [0.4, 0.5) is 5.82 Å². The number of aromatic nitrogens is 2. The number of nitrogens with one attached hydrogen (secondary N) is 2. The second-order valence-electron chi connectivity index (χ2n) is 4.00. The van der Waals surface area contributed by atoms with Gasteiger partial charge in [0.05, 0.1) is 20.5 Å². The lowest BCUT2D eigenvalue weighted by atomic mass is 10.0. The van der Waals surface area contributed by atoms with E-state index in [0.717, 1.165) is 0 Å². The minimum absolute atomic E-state index is 0.0248. The van der Waals surface area contributed by atoms with Gasteiger partial charge < -0.3 is 19.8 Å². The second-order valence-corrected chi connectivity index (χ2v) is 4.00. The van der Waals surface area contributed by atoms with Gasteiger partial charge in [-0.15, -0.1) is 0 Å². The molecule has 0 aromatic carbocycles. The van der Waals surface area contributed by atoms with Crippen molar-refractivity contribution in [3.05, 3.63) is 16.7 Å². The minimum atomic E-state index is -0.599. The fraction of sp³-hybridized carbons (Fsp3) is 0.545. The molecule has 1 rings (SSSR count). The van der Waals surface area contributed by atoms with Gasteiger partial charge in [-0.1, -0.05) is 13.8 Å². The van der Waals surface area contributed by atoms with Gasteiger partial charge in [0.2, 0.25) is 5.75 Å². The number of H-pyrrole nitrogens is 1. The highest BCUT2D eigenvalue weighted by Crippen LogP contribution is 2.18. The van der Waals surface area contributed by atoms with Crippen molar-refractivity contribution in [3.63, 3.8) is 0 Å². The molecule has 1 atom stereocenters. The standard InChI is InChI=1S/C11H17N3O4/c1-6(2)7(11(16)18-4)14-9-8(17-3)10(15)13-5-12-9/h5-7H,1-4H3,(H2,12,13,14,15). The van der Waals surface area contributed by atoms with Crippen molar-refractivity contribution < 1.29 is 14.3 Å². The number of esters is 1. The molecule has 1 unspecified atom stereocenters. The maximum Gasteiger partial charge on any atom is 0.328 e. The predicted octanol–water partition coefficient (Wildman–Crippen LogP) is 0.388. The molecular weight excluding hydrogens is 238 g/mol. The van der Waals surface area contributed by atoms with Gasteiger partial charge in [0.1, 0.15) is 6.04 Å². The van der Waals surface area contributed by atoms with Crippen LogP contribution in [-0.4, -0.2) is 36.2 Å². The molecule has 0 radical (unpaired) electrons. The number of nitrogens with zero attached hydrogens (tertiary/aromatic N) is 1. The van der Waals surface area contributed by atoms with Gasteiger partial charge in [-0.05, 0) is 5.92 Å². The molecule has 0 saturated carbocycles. The zero-order chi connectivity index (χ0) is 13.7. The minimum Gasteiger partial charge on any atom is -0.489 e. The maximum atomic E-state index is 11.6. The van der Waals surface area contributed by atoms with Gasteiger partial charge in [-0.3, -0.25) is 4.79 Å². The Morgan fingerprint density at radius 1 is 1.44 bits per heavy atom. The predicted molar refractivity (Wildman–Crippen MR) is 65.7 cm³/mol. The third-order valence-electron chi connectivity index (χ3n) is 2.43. The van der Waals surface area contributed by atoms with Crippen molar-refractivity contribution in [2.24, 2.45) is 5.92 Å². The molecule has 0 aliphatic heterocycles. The molecule has 1 aromatic rings. The summed E-state index contributed by atoms with van der Waals surface area (Å²) in [6.45, 7) is 3.71. The molecule has 1 heterocycles. The smallest absolute Gasteiger partial charge is 0.328 e. The molecule has 0 bridgehead atoms. The van der Waals surface area contributed by atoms with E-state index in [2.05, 4.69) is 15.3 Å². The van der Waals surface area contributed by atoms with E-state index in [-0.39, 0.29) is 17.5 Å². The first kappa shape index (κ1) is 14.0. The van der Waals surface area contributed by atoms with Crippen molar-refractivity contribution in [1.82, 2.24) is 9.97 Å². The Balaban J connectivity index is 3.05. The first-order chi connectivity index (χ1) is 8.51. The number of carbonyl (C=O) groups is 1. The highest BCUT2D eigenvalue weighted by molar-refractivity contribution is 5.79. The number of methoxy groups -OCH3 is 2. The van der Waals surface area contributed by atoms with Crippen LogP contribution < -0.4 is 15.6 Å². The summed E-state index contributed by atoms with van der Waals surface area (Å²) in [5.41, 5.74) is -0.414. The van der Waals surface area contributed by atoms with Crippen LogP contribution in [0.15, 0.2) is 11.1 Å². The third kappa shape index (κ3) is 2.99. The van der Waals surface area contributed by atoms with E-state index in [9.17, 15) is 9.59 Å². The molecule has 0 saturated heterocycles. The summed E-state index contributed by atoms with van der Waals surface area (Å²) in [6, 6.07) is -0.599. The third-order valence-corrected chi connectivity index (χ3v) is 2.43. The van der Waals surface area contributed by atoms with E-state index >= 15 is 0 Å². The van der Waals surface area contributed by atoms with Crippen molar-refractivity contribution in [2.75, 3.05) is 19.5 Å². The normalized spacial score (nSPS) is 12.1. The fourth-order valence-corrected chi connectivity index (χ4v) is 1.45. The van der Waals surface area contributed by atoms with E-state index in [0.29, 0.717) is 0 Å². The Labute approximate surface area is 105 Å². The molecule has 0 aliphatic rings. The quantitative estimate of drug-likeness (QED) is 0.739. The lowest BCUT2D eigenvalue weighted by Gasteiger charge is -2.20. The van der Waals surface area contributed by atoms with Crippen LogP contribution in [-0.2, 0) is 9.53 Å². The zero-order valence-electron chi connectivity index (χ0n) is 10.8. The van der Waals surface area contributed by atoms with Crippen molar-refractivity contribution in [3.8, 4) is 5.75 Å². The van der Waals surface area contributed by atoms with Crippen LogP contribution in [0, 0.1) is 5.92 Å². The number of carbonyl (C=O) groups excluding carboxylic acids is 1. The number of anilines is 1. The number of aromatic amines is 1. The molecule has 0 spiro atoms. The van der Waals surface area contributed by atoms with E-state index < -0.39 is 17.6 Å². The Morgan fingerprint density at radius 2 is 2.11 bits per heavy atom. The van der Waals surface area contributed by atoms with Crippen LogP contribution in [0.3, 0.4) is 0 Å². The average Bonchev–Trinajstić information content (AvgIpc) is 2.34. The number of ether oxygens (including phenoxy) is 2. The van der Waals surface area contributed by atoms with Crippen LogP contribution in [0.5, 0.6) is 5.75 Å². The lowest BCUT2D eigenvalue weighted by Crippen LogP contribution is -2.36. The fourth-order valence-electron chi connectivity index (χ4n) is 1.45. The van der Waals surface area contributed by atoms with Crippen molar-refractivity contribution in [2.45, 2.75) is 19.9 Å². The summed E-state index contributed by atoms with van der Waals surface area (Å²) in [5, 5.41) is 2.86. The lowest BCUT2D eigenvalue weighted by molar-refractivity contribution is -0.142.